The highest BCUT2D eigenvalue weighted by Crippen LogP contribution is 2.27. The van der Waals surface area contributed by atoms with E-state index in [1.165, 1.54) is 32.3 Å². The Hall–Kier alpha value is -2.68. The number of hydrogen-bond donors (Lipinski definition) is 1. The fourth-order valence-corrected chi connectivity index (χ4v) is 4.26. The lowest BCUT2D eigenvalue weighted by atomic mass is 10.2. The number of halogens is 1. The third-order valence-electron chi connectivity index (χ3n) is 4.48. The molecule has 0 aliphatic carbocycles. The van der Waals surface area contributed by atoms with Crippen molar-refractivity contribution < 1.29 is 13.2 Å². The van der Waals surface area contributed by atoms with Gasteiger partial charge in [-0.25, -0.2) is 17.4 Å². The van der Waals surface area contributed by atoms with Gasteiger partial charge in [-0.15, -0.1) is 0 Å². The number of sulfonamides is 1. The second kappa shape index (κ2) is 7.98. The molecule has 1 aromatic heterocycles. The van der Waals surface area contributed by atoms with Crippen molar-refractivity contribution >= 4 is 33.2 Å². The number of hydrogen-bond acceptors (Lipinski definition) is 4. The number of aromatic nitrogens is 2. The van der Waals surface area contributed by atoms with Crippen LogP contribution in [0.5, 0.6) is 0 Å². The summed E-state index contributed by atoms with van der Waals surface area (Å²) in [5, 5.41) is 7.39. The first-order valence-corrected chi connectivity index (χ1v) is 10.6. The van der Waals surface area contributed by atoms with Gasteiger partial charge in [0.05, 0.1) is 27.8 Å². The van der Waals surface area contributed by atoms with Crippen LogP contribution in [0.2, 0.25) is 5.02 Å². The van der Waals surface area contributed by atoms with Gasteiger partial charge in [-0.3, -0.25) is 4.79 Å². The van der Waals surface area contributed by atoms with Crippen molar-refractivity contribution in [3.63, 3.8) is 0 Å². The average Bonchev–Trinajstić information content (AvgIpc) is 2.97. The monoisotopic (exact) mass is 432 g/mol. The van der Waals surface area contributed by atoms with Crippen molar-refractivity contribution in [2.24, 2.45) is 0 Å². The maximum atomic E-state index is 12.8. The summed E-state index contributed by atoms with van der Waals surface area (Å²) >= 11 is 6.06. The third-order valence-corrected chi connectivity index (χ3v) is 6.78. The van der Waals surface area contributed by atoms with Crippen molar-refractivity contribution in [2.75, 3.05) is 19.4 Å². The summed E-state index contributed by atoms with van der Waals surface area (Å²) in [7, 11) is -0.968. The second-order valence-corrected chi connectivity index (χ2v) is 9.21. The van der Waals surface area contributed by atoms with Crippen LogP contribution in [0, 0.1) is 13.8 Å². The van der Waals surface area contributed by atoms with Crippen molar-refractivity contribution in [3.05, 3.63) is 70.5 Å². The minimum Gasteiger partial charge on any atom is -0.319 e. The zero-order valence-corrected chi connectivity index (χ0v) is 18.0. The van der Waals surface area contributed by atoms with Gasteiger partial charge in [-0.1, -0.05) is 29.8 Å². The average molecular weight is 433 g/mol. The first kappa shape index (κ1) is 21.0. The van der Waals surface area contributed by atoms with Crippen molar-refractivity contribution in [1.29, 1.82) is 0 Å². The van der Waals surface area contributed by atoms with E-state index in [1.54, 1.807) is 11.6 Å². The van der Waals surface area contributed by atoms with E-state index in [9.17, 15) is 13.2 Å². The fourth-order valence-electron chi connectivity index (χ4n) is 2.87. The Morgan fingerprint density at radius 2 is 1.76 bits per heavy atom. The van der Waals surface area contributed by atoms with Crippen LogP contribution in [0.1, 0.15) is 21.7 Å². The molecule has 0 saturated carbocycles. The van der Waals surface area contributed by atoms with E-state index in [2.05, 4.69) is 10.4 Å². The lowest BCUT2D eigenvalue weighted by Gasteiger charge is -2.14. The molecule has 2 aromatic carbocycles. The summed E-state index contributed by atoms with van der Waals surface area (Å²) in [5.41, 5.74) is 3.04. The quantitative estimate of drug-likeness (QED) is 0.667. The number of carbonyl (C=O) groups is 1. The number of anilines is 1. The minimum atomic E-state index is -3.78. The van der Waals surface area contributed by atoms with E-state index >= 15 is 0 Å². The summed E-state index contributed by atoms with van der Waals surface area (Å²) in [6, 6.07) is 13.7. The molecular formula is C20H21ClN4O3S. The predicted molar refractivity (Wildman–Crippen MR) is 113 cm³/mol. The van der Waals surface area contributed by atoms with Crippen LogP contribution in [0.25, 0.3) is 5.69 Å². The molecule has 0 saturated heterocycles. The van der Waals surface area contributed by atoms with Crippen LogP contribution < -0.4 is 5.32 Å². The van der Waals surface area contributed by atoms with Crippen LogP contribution in [0.3, 0.4) is 0 Å². The molecule has 3 rings (SSSR count). The van der Waals surface area contributed by atoms with Gasteiger partial charge in [0, 0.05) is 19.7 Å². The van der Waals surface area contributed by atoms with E-state index in [1.807, 2.05) is 37.3 Å². The minimum absolute atomic E-state index is 0.0551. The van der Waals surface area contributed by atoms with Gasteiger partial charge in [0.1, 0.15) is 4.90 Å². The zero-order valence-electron chi connectivity index (χ0n) is 16.5. The van der Waals surface area contributed by atoms with Gasteiger partial charge in [-0.05, 0) is 44.2 Å². The topological polar surface area (TPSA) is 84.3 Å². The fraction of sp³-hybridized carbons (Fsp3) is 0.200. The molecule has 0 aliphatic rings. The SMILES string of the molecule is Cc1nn(-c2ccccc2)c(C)c1NC(=O)c1ccc(Cl)c(S(=O)(=O)N(C)C)c1. The van der Waals surface area contributed by atoms with Crippen LogP contribution >= 0.6 is 11.6 Å². The van der Waals surface area contributed by atoms with Gasteiger partial charge in [0.25, 0.3) is 5.91 Å². The number of rotatable bonds is 5. The largest absolute Gasteiger partial charge is 0.319 e. The summed E-state index contributed by atoms with van der Waals surface area (Å²) in [6.07, 6.45) is 0. The molecule has 1 amide bonds. The second-order valence-electron chi connectivity index (χ2n) is 6.68. The summed E-state index contributed by atoms with van der Waals surface area (Å²) in [4.78, 5) is 12.7. The predicted octanol–water partition coefficient (Wildman–Crippen LogP) is 3.65. The number of amides is 1. The highest BCUT2D eigenvalue weighted by Gasteiger charge is 2.23. The van der Waals surface area contributed by atoms with Gasteiger partial charge in [0.15, 0.2) is 0 Å². The van der Waals surface area contributed by atoms with E-state index in [-0.39, 0.29) is 15.5 Å². The number of nitrogens with zero attached hydrogens (tertiary/aromatic N) is 3. The molecule has 1 heterocycles. The molecule has 0 spiro atoms. The van der Waals surface area contributed by atoms with Crippen LogP contribution in [0.4, 0.5) is 5.69 Å². The van der Waals surface area contributed by atoms with Gasteiger partial charge in [-0.2, -0.15) is 5.10 Å². The first-order chi connectivity index (χ1) is 13.6. The zero-order chi connectivity index (χ0) is 21.3. The maximum Gasteiger partial charge on any atom is 0.255 e. The van der Waals surface area contributed by atoms with Crippen LogP contribution in [-0.2, 0) is 10.0 Å². The molecule has 0 radical (unpaired) electrons. The Bertz CT molecular complexity index is 1170. The van der Waals surface area contributed by atoms with E-state index in [0.29, 0.717) is 11.4 Å². The van der Waals surface area contributed by atoms with E-state index in [0.717, 1.165) is 15.7 Å². The standard InChI is InChI=1S/C20H21ClN4O3S/c1-13-19(14(2)25(23-13)16-8-6-5-7-9-16)22-20(26)15-10-11-17(21)18(12-15)29(27,28)24(3)4/h5-12H,1-4H3,(H,22,26). The molecular weight excluding hydrogens is 412 g/mol. The smallest absolute Gasteiger partial charge is 0.255 e. The Kier molecular flexibility index (Phi) is 5.79. The summed E-state index contributed by atoms with van der Waals surface area (Å²) in [6.45, 7) is 3.65. The highest BCUT2D eigenvalue weighted by molar-refractivity contribution is 7.89. The number of para-hydroxylation sites is 1. The molecule has 0 aliphatic heterocycles. The molecule has 0 unspecified atom stereocenters. The van der Waals surface area contributed by atoms with E-state index < -0.39 is 15.9 Å². The van der Waals surface area contributed by atoms with E-state index in [4.69, 9.17) is 11.6 Å². The molecule has 7 nitrogen and oxygen atoms in total. The van der Waals surface area contributed by atoms with Crippen molar-refractivity contribution in [1.82, 2.24) is 14.1 Å². The summed E-state index contributed by atoms with van der Waals surface area (Å²) < 4.78 is 27.7. The van der Waals surface area contributed by atoms with Gasteiger partial charge in [0.2, 0.25) is 10.0 Å². The Labute approximate surface area is 175 Å². The number of nitrogens with one attached hydrogen (secondary N) is 1. The van der Waals surface area contributed by atoms with Gasteiger partial charge < -0.3 is 5.32 Å². The van der Waals surface area contributed by atoms with Gasteiger partial charge >= 0.3 is 0 Å². The molecule has 0 bridgehead atoms. The summed E-state index contributed by atoms with van der Waals surface area (Å²) in [5.74, 6) is -0.448. The third kappa shape index (κ3) is 4.05. The number of aryl methyl sites for hydroxylation is 1. The molecule has 0 atom stereocenters. The first-order valence-electron chi connectivity index (χ1n) is 8.78. The number of carbonyl (C=O) groups excluding carboxylic acids is 1. The Balaban J connectivity index is 1.95. The Morgan fingerprint density at radius 3 is 2.38 bits per heavy atom. The molecule has 0 fully saturated rings. The lowest BCUT2D eigenvalue weighted by molar-refractivity contribution is 0.102. The van der Waals surface area contributed by atoms with Crippen LogP contribution in [0.15, 0.2) is 53.4 Å². The maximum absolute atomic E-state index is 12.8. The van der Waals surface area contributed by atoms with Crippen LogP contribution in [-0.4, -0.2) is 42.5 Å². The lowest BCUT2D eigenvalue weighted by Crippen LogP contribution is -2.23. The molecule has 9 heteroatoms. The molecule has 29 heavy (non-hydrogen) atoms. The normalized spacial score (nSPS) is 11.7. The molecule has 152 valence electrons. The highest BCUT2D eigenvalue weighted by atomic mass is 35.5. The van der Waals surface area contributed by atoms with Crippen molar-refractivity contribution in [2.45, 2.75) is 18.7 Å². The Morgan fingerprint density at radius 1 is 1.10 bits per heavy atom. The van der Waals surface area contributed by atoms with Crippen molar-refractivity contribution in [3.8, 4) is 5.69 Å². The molecule has 3 aromatic rings. The number of benzene rings is 2. The molecule has 1 N–H and O–H groups in total.